The van der Waals surface area contributed by atoms with E-state index in [1.54, 1.807) is 18.7 Å². The van der Waals surface area contributed by atoms with Crippen LogP contribution >= 0.6 is 11.8 Å². The lowest BCUT2D eigenvalue weighted by atomic mass is 10.4. The van der Waals surface area contributed by atoms with Crippen molar-refractivity contribution in [3.63, 3.8) is 0 Å². The van der Waals surface area contributed by atoms with Crippen LogP contribution in [0.2, 0.25) is 0 Å². The summed E-state index contributed by atoms with van der Waals surface area (Å²) in [6.45, 7) is 3.59. The van der Waals surface area contributed by atoms with E-state index in [9.17, 15) is 9.59 Å². The normalized spacial score (nSPS) is 12.1. The highest BCUT2D eigenvalue weighted by Gasteiger charge is 2.12. The van der Waals surface area contributed by atoms with Crippen LogP contribution in [-0.2, 0) is 9.59 Å². The molecule has 0 heterocycles. The Labute approximate surface area is 88.4 Å². The third-order valence-electron chi connectivity index (χ3n) is 1.65. The molecule has 0 fully saturated rings. The monoisotopic (exact) mass is 219 g/mol. The lowest BCUT2D eigenvalue weighted by Gasteiger charge is -2.09. The summed E-state index contributed by atoms with van der Waals surface area (Å²) in [5.41, 5.74) is 0. The van der Waals surface area contributed by atoms with Crippen molar-refractivity contribution in [2.45, 2.75) is 31.9 Å². The summed E-state index contributed by atoms with van der Waals surface area (Å²) in [6.07, 6.45) is 2.19. The van der Waals surface area contributed by atoms with Crippen LogP contribution < -0.4 is 5.32 Å². The number of thioether (sulfide) groups is 1. The zero-order chi connectivity index (χ0) is 11.0. The summed E-state index contributed by atoms with van der Waals surface area (Å²) >= 11 is 1.56. The second-order valence-electron chi connectivity index (χ2n) is 2.98. The zero-order valence-corrected chi connectivity index (χ0v) is 9.39. The lowest BCUT2D eigenvalue weighted by Crippen LogP contribution is -2.34. The van der Waals surface area contributed by atoms with Crippen molar-refractivity contribution in [1.29, 1.82) is 0 Å². The maximum atomic E-state index is 11.2. The van der Waals surface area contributed by atoms with Gasteiger partial charge in [-0.05, 0) is 19.1 Å². The molecular weight excluding hydrogens is 202 g/mol. The predicted octanol–water partition coefficient (Wildman–Crippen LogP) is 1.11. The van der Waals surface area contributed by atoms with Gasteiger partial charge in [0.2, 0.25) is 5.91 Å². The highest BCUT2D eigenvalue weighted by molar-refractivity contribution is 8.00. The molecule has 82 valence electrons. The first-order chi connectivity index (χ1) is 6.57. The average molecular weight is 219 g/mol. The smallest absolute Gasteiger partial charge is 0.322 e. The molecule has 1 atom stereocenters. The molecule has 5 heteroatoms. The van der Waals surface area contributed by atoms with Gasteiger partial charge in [0.15, 0.2) is 0 Å². The SMILES string of the molecule is CCCCSC(C)C(=O)NCC(=O)O. The molecule has 0 aromatic heterocycles. The standard InChI is InChI=1S/C9H17NO3S/c1-3-4-5-14-7(2)9(13)10-6-8(11)12/h7H,3-6H2,1-2H3,(H,10,13)(H,11,12). The van der Waals surface area contributed by atoms with E-state index >= 15 is 0 Å². The van der Waals surface area contributed by atoms with E-state index in [4.69, 9.17) is 5.11 Å². The van der Waals surface area contributed by atoms with Crippen molar-refractivity contribution >= 4 is 23.6 Å². The highest BCUT2D eigenvalue weighted by atomic mass is 32.2. The minimum absolute atomic E-state index is 0.166. The molecule has 1 amide bonds. The fourth-order valence-corrected chi connectivity index (χ4v) is 1.83. The Balaban J connectivity index is 3.59. The number of hydrogen-bond donors (Lipinski definition) is 2. The zero-order valence-electron chi connectivity index (χ0n) is 8.58. The Morgan fingerprint density at radius 1 is 1.50 bits per heavy atom. The molecular formula is C9H17NO3S. The first-order valence-electron chi connectivity index (χ1n) is 4.69. The molecule has 0 saturated carbocycles. The highest BCUT2D eigenvalue weighted by Crippen LogP contribution is 2.12. The van der Waals surface area contributed by atoms with Gasteiger partial charge < -0.3 is 10.4 Å². The van der Waals surface area contributed by atoms with Crippen LogP contribution in [0, 0.1) is 0 Å². The number of rotatable bonds is 7. The van der Waals surface area contributed by atoms with Crippen LogP contribution in [-0.4, -0.2) is 34.5 Å². The number of hydrogen-bond acceptors (Lipinski definition) is 3. The van der Waals surface area contributed by atoms with E-state index in [0.29, 0.717) is 0 Å². The van der Waals surface area contributed by atoms with Crippen LogP contribution in [0.5, 0.6) is 0 Å². The fourth-order valence-electron chi connectivity index (χ4n) is 0.787. The van der Waals surface area contributed by atoms with Gasteiger partial charge >= 0.3 is 5.97 Å². The molecule has 0 aromatic carbocycles. The van der Waals surface area contributed by atoms with Gasteiger partial charge in [-0.25, -0.2) is 0 Å². The van der Waals surface area contributed by atoms with Crippen molar-refractivity contribution in [2.75, 3.05) is 12.3 Å². The van der Waals surface area contributed by atoms with Crippen LogP contribution in [0.25, 0.3) is 0 Å². The first-order valence-corrected chi connectivity index (χ1v) is 5.74. The van der Waals surface area contributed by atoms with Gasteiger partial charge in [0.1, 0.15) is 6.54 Å². The minimum Gasteiger partial charge on any atom is -0.480 e. The van der Waals surface area contributed by atoms with E-state index in [0.717, 1.165) is 18.6 Å². The molecule has 0 bridgehead atoms. The Bertz CT molecular complexity index is 196. The summed E-state index contributed by atoms with van der Waals surface area (Å²) in [4.78, 5) is 21.4. The quantitative estimate of drug-likeness (QED) is 0.629. The van der Waals surface area contributed by atoms with E-state index in [1.807, 2.05) is 0 Å². The van der Waals surface area contributed by atoms with Gasteiger partial charge in [-0.2, -0.15) is 0 Å². The van der Waals surface area contributed by atoms with E-state index in [2.05, 4.69) is 12.2 Å². The second kappa shape index (κ2) is 7.67. The molecule has 0 radical (unpaired) electrons. The van der Waals surface area contributed by atoms with Gasteiger partial charge in [-0.15, -0.1) is 11.8 Å². The number of carboxylic acids is 1. The molecule has 0 rings (SSSR count). The van der Waals surface area contributed by atoms with Crippen LogP contribution in [0.4, 0.5) is 0 Å². The number of nitrogens with one attached hydrogen (secondary N) is 1. The summed E-state index contributed by atoms with van der Waals surface area (Å²) in [5, 5.41) is 10.5. The Morgan fingerprint density at radius 2 is 2.14 bits per heavy atom. The van der Waals surface area contributed by atoms with Gasteiger partial charge in [-0.1, -0.05) is 13.3 Å². The average Bonchev–Trinajstić information content (AvgIpc) is 2.14. The molecule has 0 aromatic rings. The third-order valence-corrected chi connectivity index (χ3v) is 2.89. The number of carbonyl (C=O) groups excluding carboxylic acids is 1. The predicted molar refractivity (Wildman–Crippen MR) is 57.5 cm³/mol. The molecule has 4 nitrogen and oxygen atoms in total. The van der Waals surface area contributed by atoms with E-state index in [1.165, 1.54) is 0 Å². The fraction of sp³-hybridized carbons (Fsp3) is 0.778. The van der Waals surface area contributed by atoms with Gasteiger partial charge in [-0.3, -0.25) is 9.59 Å². The summed E-state index contributed by atoms with van der Waals surface area (Å²) in [7, 11) is 0. The van der Waals surface area contributed by atoms with Gasteiger partial charge in [0.25, 0.3) is 0 Å². The maximum absolute atomic E-state index is 11.2. The van der Waals surface area contributed by atoms with Crippen molar-refractivity contribution in [3.8, 4) is 0 Å². The molecule has 0 aliphatic rings. The Morgan fingerprint density at radius 3 is 2.64 bits per heavy atom. The number of unbranched alkanes of at least 4 members (excludes halogenated alkanes) is 1. The third kappa shape index (κ3) is 6.77. The molecule has 0 aliphatic heterocycles. The number of aliphatic carboxylic acids is 1. The van der Waals surface area contributed by atoms with Gasteiger partial charge in [0, 0.05) is 0 Å². The number of carboxylic acid groups (broad SMARTS) is 1. The van der Waals surface area contributed by atoms with Crippen molar-refractivity contribution in [3.05, 3.63) is 0 Å². The lowest BCUT2D eigenvalue weighted by molar-refractivity contribution is -0.137. The molecule has 0 spiro atoms. The van der Waals surface area contributed by atoms with Crippen molar-refractivity contribution in [1.82, 2.24) is 5.32 Å². The molecule has 14 heavy (non-hydrogen) atoms. The summed E-state index contributed by atoms with van der Waals surface area (Å²) in [6, 6.07) is 0. The van der Waals surface area contributed by atoms with Gasteiger partial charge in [0.05, 0.1) is 5.25 Å². The summed E-state index contributed by atoms with van der Waals surface area (Å²) in [5.74, 6) is -0.268. The topological polar surface area (TPSA) is 66.4 Å². The minimum atomic E-state index is -1.01. The van der Waals surface area contributed by atoms with E-state index < -0.39 is 5.97 Å². The molecule has 2 N–H and O–H groups in total. The number of carbonyl (C=O) groups is 2. The molecule has 1 unspecified atom stereocenters. The second-order valence-corrected chi connectivity index (χ2v) is 4.43. The van der Waals surface area contributed by atoms with Crippen LogP contribution in [0.1, 0.15) is 26.7 Å². The van der Waals surface area contributed by atoms with Crippen molar-refractivity contribution in [2.24, 2.45) is 0 Å². The van der Waals surface area contributed by atoms with Crippen LogP contribution in [0.3, 0.4) is 0 Å². The molecule has 0 aliphatic carbocycles. The first kappa shape index (κ1) is 13.3. The molecule has 0 saturated heterocycles. The van der Waals surface area contributed by atoms with Crippen molar-refractivity contribution < 1.29 is 14.7 Å². The maximum Gasteiger partial charge on any atom is 0.322 e. The largest absolute Gasteiger partial charge is 0.480 e. The van der Waals surface area contributed by atoms with Crippen LogP contribution in [0.15, 0.2) is 0 Å². The Hall–Kier alpha value is -0.710. The number of amides is 1. The van der Waals surface area contributed by atoms with E-state index in [-0.39, 0.29) is 17.7 Å². The Kier molecular flexibility index (Phi) is 7.28. The summed E-state index contributed by atoms with van der Waals surface area (Å²) < 4.78 is 0.